The Morgan fingerprint density at radius 2 is 2.19 bits per heavy atom. The molecule has 1 atom stereocenters. The Morgan fingerprint density at radius 3 is 2.81 bits per heavy atom. The summed E-state index contributed by atoms with van der Waals surface area (Å²) < 4.78 is 10.4. The minimum absolute atomic E-state index is 0.0511. The Balaban J connectivity index is 2.05. The lowest BCUT2D eigenvalue weighted by atomic mass is 10.0. The van der Waals surface area contributed by atoms with Crippen LogP contribution in [0.2, 0.25) is 0 Å². The number of amides is 1. The molecule has 1 amide bonds. The van der Waals surface area contributed by atoms with E-state index in [1.54, 1.807) is 38.3 Å². The first-order valence-corrected chi connectivity index (χ1v) is 6.63. The van der Waals surface area contributed by atoms with Gasteiger partial charge in [-0.2, -0.15) is 0 Å². The lowest BCUT2D eigenvalue weighted by Crippen LogP contribution is -2.38. The number of furan rings is 1. The molecule has 0 radical (unpaired) electrons. The molecule has 2 aromatic rings. The van der Waals surface area contributed by atoms with E-state index in [0.717, 1.165) is 5.56 Å². The molecule has 5 nitrogen and oxygen atoms in total. The Hall–Kier alpha value is -2.27. The van der Waals surface area contributed by atoms with Crippen LogP contribution in [0.5, 0.6) is 5.75 Å². The van der Waals surface area contributed by atoms with Crippen molar-refractivity contribution in [1.82, 2.24) is 5.32 Å². The molecular weight excluding hydrogens is 270 g/mol. The van der Waals surface area contributed by atoms with Crippen LogP contribution in [0.15, 0.2) is 41.0 Å². The van der Waals surface area contributed by atoms with E-state index < -0.39 is 5.60 Å². The van der Waals surface area contributed by atoms with Gasteiger partial charge in [0.15, 0.2) is 0 Å². The highest BCUT2D eigenvalue weighted by Crippen LogP contribution is 2.21. The third kappa shape index (κ3) is 3.44. The number of aliphatic hydroxyl groups is 1. The molecule has 0 spiro atoms. The second kappa shape index (κ2) is 6.01. The van der Waals surface area contributed by atoms with Crippen molar-refractivity contribution in [2.24, 2.45) is 0 Å². The van der Waals surface area contributed by atoms with Gasteiger partial charge in [-0.3, -0.25) is 4.79 Å². The smallest absolute Gasteiger partial charge is 0.251 e. The first-order chi connectivity index (χ1) is 9.94. The number of rotatable bonds is 5. The Morgan fingerprint density at radius 1 is 1.43 bits per heavy atom. The van der Waals surface area contributed by atoms with Crippen LogP contribution in [0.1, 0.15) is 28.6 Å². The van der Waals surface area contributed by atoms with E-state index in [1.165, 1.54) is 6.26 Å². The third-order valence-corrected chi connectivity index (χ3v) is 3.32. The molecule has 0 saturated heterocycles. The number of nitrogens with one attached hydrogen (secondary N) is 1. The fraction of sp³-hybridized carbons (Fsp3) is 0.312. The Labute approximate surface area is 123 Å². The molecule has 2 rings (SSSR count). The fourth-order valence-corrected chi connectivity index (χ4v) is 1.99. The molecule has 1 heterocycles. The van der Waals surface area contributed by atoms with Gasteiger partial charge in [0.25, 0.3) is 5.91 Å². The zero-order valence-corrected chi connectivity index (χ0v) is 12.3. The predicted molar refractivity (Wildman–Crippen MR) is 78.3 cm³/mol. The quantitative estimate of drug-likeness (QED) is 0.885. The van der Waals surface area contributed by atoms with Gasteiger partial charge >= 0.3 is 0 Å². The van der Waals surface area contributed by atoms with Gasteiger partial charge in [0.05, 0.1) is 19.9 Å². The predicted octanol–water partition coefficient (Wildman–Crippen LogP) is 2.23. The molecule has 2 N–H and O–H groups in total. The Bertz CT molecular complexity index is 617. The number of aryl methyl sites for hydroxylation is 1. The molecule has 1 unspecified atom stereocenters. The van der Waals surface area contributed by atoms with Crippen molar-refractivity contribution >= 4 is 5.91 Å². The van der Waals surface area contributed by atoms with Crippen LogP contribution in [0.4, 0.5) is 0 Å². The van der Waals surface area contributed by atoms with Crippen LogP contribution in [0.25, 0.3) is 0 Å². The van der Waals surface area contributed by atoms with Crippen molar-refractivity contribution in [2.45, 2.75) is 19.4 Å². The summed E-state index contributed by atoms with van der Waals surface area (Å²) >= 11 is 0. The van der Waals surface area contributed by atoms with Gasteiger partial charge in [0, 0.05) is 5.56 Å². The molecule has 21 heavy (non-hydrogen) atoms. The molecule has 0 bridgehead atoms. The molecule has 1 aromatic heterocycles. The number of carbonyl (C=O) groups excluding carboxylic acids is 1. The van der Waals surface area contributed by atoms with Crippen molar-refractivity contribution in [3.8, 4) is 5.75 Å². The summed E-state index contributed by atoms with van der Waals surface area (Å²) in [6, 6.07) is 8.57. The fourth-order valence-electron chi connectivity index (χ4n) is 1.99. The van der Waals surface area contributed by atoms with Crippen LogP contribution < -0.4 is 10.1 Å². The van der Waals surface area contributed by atoms with Gasteiger partial charge in [-0.25, -0.2) is 0 Å². The summed E-state index contributed by atoms with van der Waals surface area (Å²) in [6.07, 6.45) is 1.48. The topological polar surface area (TPSA) is 71.7 Å². The van der Waals surface area contributed by atoms with E-state index in [-0.39, 0.29) is 12.5 Å². The number of hydrogen-bond donors (Lipinski definition) is 2. The maximum absolute atomic E-state index is 12.1. The first-order valence-electron chi connectivity index (χ1n) is 6.63. The second-order valence-corrected chi connectivity index (χ2v) is 5.12. The van der Waals surface area contributed by atoms with Gasteiger partial charge in [-0.1, -0.05) is 6.07 Å². The molecule has 112 valence electrons. The van der Waals surface area contributed by atoms with Crippen LogP contribution in [-0.2, 0) is 5.60 Å². The van der Waals surface area contributed by atoms with Crippen molar-refractivity contribution in [2.75, 3.05) is 13.7 Å². The van der Waals surface area contributed by atoms with Crippen LogP contribution >= 0.6 is 0 Å². The minimum atomic E-state index is -1.26. The van der Waals surface area contributed by atoms with Gasteiger partial charge in [-0.15, -0.1) is 0 Å². The van der Waals surface area contributed by atoms with Gasteiger partial charge in [-0.05, 0) is 43.7 Å². The first kappa shape index (κ1) is 15.1. The molecule has 0 aliphatic rings. The minimum Gasteiger partial charge on any atom is -0.496 e. The highest BCUT2D eigenvalue weighted by atomic mass is 16.5. The van der Waals surface area contributed by atoms with Crippen LogP contribution in [-0.4, -0.2) is 24.7 Å². The largest absolute Gasteiger partial charge is 0.496 e. The SMILES string of the molecule is COc1cc(C(=O)NCC(C)(O)c2ccco2)ccc1C. The van der Waals surface area contributed by atoms with Crippen molar-refractivity contribution in [3.63, 3.8) is 0 Å². The summed E-state index contributed by atoms with van der Waals surface area (Å²) in [5.74, 6) is 0.782. The summed E-state index contributed by atoms with van der Waals surface area (Å²) in [7, 11) is 1.56. The lowest BCUT2D eigenvalue weighted by Gasteiger charge is -2.21. The standard InChI is InChI=1S/C16H19NO4/c1-11-6-7-12(9-13(11)20-3)15(18)17-10-16(2,19)14-5-4-8-21-14/h4-9,19H,10H2,1-3H3,(H,17,18). The molecule has 1 aromatic carbocycles. The zero-order valence-electron chi connectivity index (χ0n) is 12.3. The maximum Gasteiger partial charge on any atom is 0.251 e. The van der Waals surface area contributed by atoms with E-state index in [0.29, 0.717) is 17.1 Å². The van der Waals surface area contributed by atoms with Crippen molar-refractivity contribution < 1.29 is 19.1 Å². The van der Waals surface area contributed by atoms with Crippen LogP contribution in [0.3, 0.4) is 0 Å². The molecular formula is C16H19NO4. The summed E-state index contributed by atoms with van der Waals surface area (Å²) in [5.41, 5.74) is 0.179. The molecule has 0 fully saturated rings. The van der Waals surface area contributed by atoms with E-state index in [1.807, 2.05) is 13.0 Å². The van der Waals surface area contributed by atoms with E-state index >= 15 is 0 Å². The number of carbonyl (C=O) groups is 1. The van der Waals surface area contributed by atoms with Crippen molar-refractivity contribution in [1.29, 1.82) is 0 Å². The van der Waals surface area contributed by atoms with Crippen LogP contribution in [0, 0.1) is 6.92 Å². The number of methoxy groups -OCH3 is 1. The summed E-state index contributed by atoms with van der Waals surface area (Å²) in [6.45, 7) is 3.54. The third-order valence-electron chi connectivity index (χ3n) is 3.32. The van der Waals surface area contributed by atoms with E-state index in [2.05, 4.69) is 5.32 Å². The highest BCUT2D eigenvalue weighted by molar-refractivity contribution is 5.94. The maximum atomic E-state index is 12.1. The number of benzene rings is 1. The average Bonchev–Trinajstić information content (AvgIpc) is 3.00. The molecule has 0 saturated carbocycles. The lowest BCUT2D eigenvalue weighted by molar-refractivity contribution is 0.0330. The van der Waals surface area contributed by atoms with Gasteiger partial charge in [0.2, 0.25) is 0 Å². The summed E-state index contributed by atoms with van der Waals surface area (Å²) in [5, 5.41) is 13.0. The number of ether oxygens (including phenoxy) is 1. The zero-order chi connectivity index (χ0) is 15.5. The van der Waals surface area contributed by atoms with Gasteiger partial charge in [0.1, 0.15) is 17.1 Å². The molecule has 0 aliphatic heterocycles. The highest BCUT2D eigenvalue weighted by Gasteiger charge is 2.27. The van der Waals surface area contributed by atoms with Gasteiger partial charge < -0.3 is 19.6 Å². The monoisotopic (exact) mass is 289 g/mol. The van der Waals surface area contributed by atoms with E-state index in [9.17, 15) is 9.90 Å². The second-order valence-electron chi connectivity index (χ2n) is 5.12. The normalized spacial score (nSPS) is 13.5. The molecule has 0 aliphatic carbocycles. The molecule has 5 heteroatoms. The average molecular weight is 289 g/mol. The van der Waals surface area contributed by atoms with E-state index in [4.69, 9.17) is 9.15 Å². The Kier molecular flexibility index (Phi) is 4.33. The number of hydrogen-bond acceptors (Lipinski definition) is 4. The summed E-state index contributed by atoms with van der Waals surface area (Å²) in [4.78, 5) is 12.1. The van der Waals surface area contributed by atoms with Crippen molar-refractivity contribution in [3.05, 3.63) is 53.5 Å².